The van der Waals surface area contributed by atoms with Gasteiger partial charge in [-0.05, 0) is 54.0 Å². The standard InChI is InChI=1S/C16H28F2N2O2/c1-14(2,3)22-13(21)15(4,5)7-9-20-8-6-11-12(20)16(17,18)10-19-11/h11-12,19H,6-10H2,1-5H3/t11-,12+/m0/s1. The molecule has 0 spiro atoms. The summed E-state index contributed by atoms with van der Waals surface area (Å²) in [5, 5.41) is 2.91. The molecule has 0 bridgehead atoms. The van der Waals surface area contributed by atoms with Crippen molar-refractivity contribution in [2.24, 2.45) is 5.41 Å². The number of carbonyl (C=O) groups is 1. The lowest BCUT2D eigenvalue weighted by atomic mass is 9.88. The van der Waals surface area contributed by atoms with Crippen LogP contribution in [0.4, 0.5) is 8.78 Å². The molecule has 2 aliphatic heterocycles. The van der Waals surface area contributed by atoms with E-state index in [1.165, 1.54) is 0 Å². The third kappa shape index (κ3) is 3.77. The van der Waals surface area contributed by atoms with Crippen LogP contribution in [0.15, 0.2) is 0 Å². The number of nitrogens with zero attached hydrogens (tertiary/aromatic N) is 1. The van der Waals surface area contributed by atoms with E-state index in [2.05, 4.69) is 5.32 Å². The Labute approximate surface area is 131 Å². The first kappa shape index (κ1) is 17.6. The Morgan fingerprint density at radius 1 is 1.32 bits per heavy atom. The molecule has 0 saturated carbocycles. The van der Waals surface area contributed by atoms with Crippen LogP contribution >= 0.6 is 0 Å². The normalized spacial score (nSPS) is 28.7. The molecule has 1 N–H and O–H groups in total. The molecule has 22 heavy (non-hydrogen) atoms. The third-order valence-electron chi connectivity index (χ3n) is 4.51. The van der Waals surface area contributed by atoms with E-state index in [1.807, 2.05) is 39.5 Å². The molecule has 0 aromatic rings. The summed E-state index contributed by atoms with van der Waals surface area (Å²) in [6, 6.07) is -0.860. The van der Waals surface area contributed by atoms with Gasteiger partial charge < -0.3 is 10.1 Å². The van der Waals surface area contributed by atoms with Gasteiger partial charge in [0, 0.05) is 12.6 Å². The van der Waals surface area contributed by atoms with Crippen molar-refractivity contribution < 1.29 is 18.3 Å². The zero-order valence-corrected chi connectivity index (χ0v) is 14.2. The molecule has 0 amide bonds. The van der Waals surface area contributed by atoms with E-state index in [1.54, 1.807) is 0 Å². The van der Waals surface area contributed by atoms with Crippen LogP contribution in [0.5, 0.6) is 0 Å². The van der Waals surface area contributed by atoms with Crippen molar-refractivity contribution in [2.75, 3.05) is 19.6 Å². The van der Waals surface area contributed by atoms with Gasteiger partial charge in [0.15, 0.2) is 0 Å². The molecule has 2 aliphatic rings. The molecule has 0 unspecified atom stereocenters. The van der Waals surface area contributed by atoms with E-state index in [9.17, 15) is 13.6 Å². The third-order valence-corrected chi connectivity index (χ3v) is 4.51. The summed E-state index contributed by atoms with van der Waals surface area (Å²) in [6.07, 6.45) is 1.26. The van der Waals surface area contributed by atoms with Crippen LogP contribution in [0.3, 0.4) is 0 Å². The fourth-order valence-corrected chi connectivity index (χ4v) is 3.20. The maximum atomic E-state index is 14.0. The van der Waals surface area contributed by atoms with Gasteiger partial charge in [0.05, 0.1) is 18.0 Å². The summed E-state index contributed by atoms with van der Waals surface area (Å²) in [4.78, 5) is 14.1. The first-order valence-corrected chi connectivity index (χ1v) is 8.01. The van der Waals surface area contributed by atoms with Crippen LogP contribution in [0, 0.1) is 5.41 Å². The molecule has 0 aliphatic carbocycles. The van der Waals surface area contributed by atoms with Gasteiger partial charge in [-0.15, -0.1) is 0 Å². The molecule has 0 aromatic heterocycles. The first-order chi connectivity index (χ1) is 9.92. The molecule has 2 heterocycles. The van der Waals surface area contributed by atoms with Crippen LogP contribution in [0.1, 0.15) is 47.5 Å². The van der Waals surface area contributed by atoms with Crippen LogP contribution < -0.4 is 5.32 Å². The summed E-state index contributed by atoms with van der Waals surface area (Å²) in [5.41, 5.74) is -1.21. The lowest BCUT2D eigenvalue weighted by Crippen LogP contribution is -2.46. The Balaban J connectivity index is 1.93. The fraction of sp³-hybridized carbons (Fsp3) is 0.938. The topological polar surface area (TPSA) is 41.6 Å². The molecule has 2 fully saturated rings. The van der Waals surface area contributed by atoms with Crippen molar-refractivity contribution in [3.63, 3.8) is 0 Å². The predicted octanol–water partition coefficient (Wildman–Crippen LogP) is 2.43. The van der Waals surface area contributed by atoms with E-state index < -0.39 is 23.0 Å². The highest BCUT2D eigenvalue weighted by atomic mass is 19.3. The number of alkyl halides is 2. The number of nitrogens with one attached hydrogen (secondary N) is 1. The molecule has 6 heteroatoms. The number of hydrogen-bond acceptors (Lipinski definition) is 4. The molecule has 2 saturated heterocycles. The van der Waals surface area contributed by atoms with Gasteiger partial charge in [-0.2, -0.15) is 0 Å². The molecule has 2 rings (SSSR count). The smallest absolute Gasteiger partial charge is 0.312 e. The Hall–Kier alpha value is -0.750. The summed E-state index contributed by atoms with van der Waals surface area (Å²) >= 11 is 0. The van der Waals surface area contributed by atoms with E-state index in [-0.39, 0.29) is 18.6 Å². The van der Waals surface area contributed by atoms with Crippen LogP contribution in [0.25, 0.3) is 0 Å². The van der Waals surface area contributed by atoms with Crippen LogP contribution in [-0.4, -0.2) is 54.1 Å². The molecule has 0 aromatic carbocycles. The van der Waals surface area contributed by atoms with Crippen molar-refractivity contribution in [3.05, 3.63) is 0 Å². The van der Waals surface area contributed by atoms with Gasteiger partial charge in [0.25, 0.3) is 5.92 Å². The number of rotatable bonds is 4. The van der Waals surface area contributed by atoms with Gasteiger partial charge in [0.2, 0.25) is 0 Å². The average molecular weight is 318 g/mol. The number of likely N-dealkylation sites (tertiary alicyclic amines) is 1. The minimum absolute atomic E-state index is 0.125. The molecule has 4 nitrogen and oxygen atoms in total. The van der Waals surface area contributed by atoms with E-state index in [4.69, 9.17) is 4.74 Å². The number of hydrogen-bond donors (Lipinski definition) is 1. The highest BCUT2D eigenvalue weighted by Crippen LogP contribution is 2.37. The molecular formula is C16H28F2N2O2. The maximum Gasteiger partial charge on any atom is 0.312 e. The van der Waals surface area contributed by atoms with Gasteiger partial charge in [0.1, 0.15) is 5.60 Å². The number of halogens is 2. The minimum Gasteiger partial charge on any atom is -0.460 e. The lowest BCUT2D eigenvalue weighted by Gasteiger charge is -2.32. The van der Waals surface area contributed by atoms with E-state index in [0.29, 0.717) is 19.5 Å². The molecule has 2 atom stereocenters. The molecule has 0 radical (unpaired) electrons. The Morgan fingerprint density at radius 3 is 2.55 bits per heavy atom. The fourth-order valence-electron chi connectivity index (χ4n) is 3.20. The maximum absolute atomic E-state index is 14.0. The van der Waals surface area contributed by atoms with E-state index >= 15 is 0 Å². The van der Waals surface area contributed by atoms with Crippen LogP contribution in [0.2, 0.25) is 0 Å². The second kappa shape index (κ2) is 5.71. The summed E-state index contributed by atoms with van der Waals surface area (Å²) < 4.78 is 33.3. The molecule has 128 valence electrons. The van der Waals surface area contributed by atoms with Gasteiger partial charge in [-0.3, -0.25) is 9.69 Å². The van der Waals surface area contributed by atoms with E-state index in [0.717, 1.165) is 6.42 Å². The minimum atomic E-state index is -2.68. The van der Waals surface area contributed by atoms with Gasteiger partial charge >= 0.3 is 5.97 Å². The van der Waals surface area contributed by atoms with Crippen molar-refractivity contribution in [1.29, 1.82) is 0 Å². The number of carbonyl (C=O) groups excluding carboxylic acids is 1. The number of fused-ring (bicyclic) bond motifs is 1. The zero-order chi connectivity index (χ0) is 16.8. The van der Waals surface area contributed by atoms with Gasteiger partial charge in [-0.1, -0.05) is 0 Å². The lowest BCUT2D eigenvalue weighted by molar-refractivity contribution is -0.166. The van der Waals surface area contributed by atoms with Crippen molar-refractivity contribution in [2.45, 2.75) is 71.1 Å². The Kier molecular flexibility index (Phi) is 4.57. The second-order valence-corrected chi connectivity index (χ2v) is 8.15. The predicted molar refractivity (Wildman–Crippen MR) is 81.0 cm³/mol. The van der Waals surface area contributed by atoms with Crippen molar-refractivity contribution in [1.82, 2.24) is 10.2 Å². The van der Waals surface area contributed by atoms with Crippen LogP contribution in [-0.2, 0) is 9.53 Å². The largest absolute Gasteiger partial charge is 0.460 e. The molecular weight excluding hydrogens is 290 g/mol. The monoisotopic (exact) mass is 318 g/mol. The summed E-state index contributed by atoms with van der Waals surface area (Å²) in [6.45, 7) is 10.0. The zero-order valence-electron chi connectivity index (χ0n) is 14.2. The summed E-state index contributed by atoms with van der Waals surface area (Å²) in [7, 11) is 0. The Morgan fingerprint density at radius 2 is 1.95 bits per heavy atom. The second-order valence-electron chi connectivity index (χ2n) is 8.15. The van der Waals surface area contributed by atoms with Crippen molar-refractivity contribution >= 4 is 5.97 Å². The number of esters is 1. The summed E-state index contributed by atoms with van der Waals surface area (Å²) in [5.74, 6) is -2.95. The highest BCUT2D eigenvalue weighted by molar-refractivity contribution is 5.76. The quantitative estimate of drug-likeness (QED) is 0.809. The average Bonchev–Trinajstić information content (AvgIpc) is 2.87. The Bertz CT molecular complexity index is 432. The van der Waals surface area contributed by atoms with Crippen molar-refractivity contribution in [3.8, 4) is 0 Å². The highest BCUT2D eigenvalue weighted by Gasteiger charge is 2.55. The SMILES string of the molecule is CC(C)(C)OC(=O)C(C)(C)CCN1CC[C@@H]2NCC(F)(F)[C@@H]21. The first-order valence-electron chi connectivity index (χ1n) is 8.01. The number of ether oxygens (including phenoxy) is 1. The van der Waals surface area contributed by atoms with Gasteiger partial charge in [-0.25, -0.2) is 8.78 Å².